The van der Waals surface area contributed by atoms with E-state index in [-0.39, 0.29) is 5.75 Å². The maximum atomic E-state index is 12.5. The monoisotopic (exact) mass is 471 g/mol. The number of fused-ring (bicyclic) bond motifs is 1. The number of hydrogen-bond donors (Lipinski definition) is 0. The van der Waals surface area contributed by atoms with Gasteiger partial charge < -0.3 is 8.92 Å². The van der Waals surface area contributed by atoms with Gasteiger partial charge in [-0.15, -0.1) is 11.3 Å². The molecule has 2 aromatic carbocycles. The summed E-state index contributed by atoms with van der Waals surface area (Å²) in [5.41, 5.74) is -4.54. The number of hydrogen-bond acceptors (Lipinski definition) is 6. The molecule has 0 aliphatic carbocycles. The molecule has 0 saturated carbocycles. The van der Waals surface area contributed by atoms with Crippen LogP contribution < -0.4 is 8.92 Å². The van der Waals surface area contributed by atoms with Crippen LogP contribution in [0.15, 0.2) is 48.5 Å². The molecule has 0 bridgehead atoms. The van der Waals surface area contributed by atoms with E-state index < -0.39 is 15.6 Å². The summed E-state index contributed by atoms with van der Waals surface area (Å²) >= 11 is 1.45. The Balaban J connectivity index is 1.44. The van der Waals surface area contributed by atoms with Crippen LogP contribution in [0.25, 0.3) is 20.5 Å². The molecule has 0 atom stereocenters. The van der Waals surface area contributed by atoms with Gasteiger partial charge in [0.05, 0.1) is 0 Å². The predicted octanol–water partition coefficient (Wildman–Crippen LogP) is 5.27. The topological polar surface area (TPSA) is 55.8 Å². The summed E-state index contributed by atoms with van der Waals surface area (Å²) in [5.74, 6) is 0.396. The van der Waals surface area contributed by atoms with Gasteiger partial charge in [-0.3, -0.25) is 4.90 Å². The lowest BCUT2D eigenvalue weighted by Gasteiger charge is -2.14. The molecule has 1 aliphatic heterocycles. The van der Waals surface area contributed by atoms with E-state index >= 15 is 0 Å². The lowest BCUT2D eigenvalue weighted by Crippen LogP contribution is -2.27. The standard InChI is InChI=1S/C21H20F3NO4S2/c22-21(23,24)31(26,27)29-18-7-8-19-16(13-18)14-20(30-19)15-3-5-17(6-4-15)28-12-11-25-9-1-2-10-25/h3-8,13-14H,1-2,9-12H2. The normalized spacial score (nSPS) is 15.5. The van der Waals surface area contributed by atoms with Crippen LogP contribution in [0, 0.1) is 0 Å². The Morgan fingerprint density at radius 2 is 1.65 bits per heavy atom. The number of nitrogens with zero attached hydrogens (tertiary/aromatic N) is 1. The van der Waals surface area contributed by atoms with Crippen molar-refractivity contribution in [2.24, 2.45) is 0 Å². The Labute approximate surface area is 182 Å². The SMILES string of the molecule is O=S(=O)(Oc1ccc2sc(-c3ccc(OCCN4CCCC4)cc3)cc2c1)C(F)(F)F. The summed E-state index contributed by atoms with van der Waals surface area (Å²) in [7, 11) is -5.70. The zero-order valence-corrected chi connectivity index (χ0v) is 18.0. The number of alkyl halides is 3. The fraction of sp³-hybridized carbons (Fsp3) is 0.333. The number of benzene rings is 2. The average Bonchev–Trinajstić information content (AvgIpc) is 3.37. The lowest BCUT2D eigenvalue weighted by molar-refractivity contribution is -0.0500. The quantitative estimate of drug-likeness (QED) is 0.347. The molecule has 1 aliphatic rings. The average molecular weight is 472 g/mol. The van der Waals surface area contributed by atoms with Gasteiger partial charge >= 0.3 is 15.6 Å². The maximum absolute atomic E-state index is 12.5. The highest BCUT2D eigenvalue weighted by Gasteiger charge is 2.48. The van der Waals surface area contributed by atoms with Gasteiger partial charge in [-0.2, -0.15) is 21.6 Å². The molecule has 1 saturated heterocycles. The smallest absolute Gasteiger partial charge is 0.492 e. The van der Waals surface area contributed by atoms with Crippen LogP contribution in [-0.4, -0.2) is 45.1 Å². The minimum absolute atomic E-state index is 0.379. The van der Waals surface area contributed by atoms with Crippen molar-refractivity contribution in [3.8, 4) is 21.9 Å². The third-order valence-corrected chi connectivity index (χ3v) is 7.13. The van der Waals surface area contributed by atoms with E-state index in [1.807, 2.05) is 24.3 Å². The molecule has 31 heavy (non-hydrogen) atoms. The minimum Gasteiger partial charge on any atom is -0.492 e. The first-order chi connectivity index (χ1) is 14.7. The van der Waals surface area contributed by atoms with Crippen LogP contribution in [0.5, 0.6) is 11.5 Å². The Morgan fingerprint density at radius 1 is 0.968 bits per heavy atom. The molecule has 0 unspecified atom stereocenters. The van der Waals surface area contributed by atoms with Crippen LogP contribution in [0.3, 0.4) is 0 Å². The second kappa shape index (κ2) is 8.68. The van der Waals surface area contributed by atoms with Crippen molar-refractivity contribution in [3.05, 3.63) is 48.5 Å². The molecule has 10 heteroatoms. The molecule has 1 fully saturated rings. The van der Waals surface area contributed by atoms with E-state index in [9.17, 15) is 21.6 Å². The first kappa shape index (κ1) is 21.9. The second-order valence-electron chi connectivity index (χ2n) is 7.22. The molecular formula is C21H20F3NO4S2. The molecule has 3 aromatic rings. The summed E-state index contributed by atoms with van der Waals surface area (Å²) in [6, 6.07) is 13.4. The number of ether oxygens (including phenoxy) is 1. The lowest BCUT2D eigenvalue weighted by atomic mass is 10.1. The van der Waals surface area contributed by atoms with E-state index in [0.29, 0.717) is 12.0 Å². The molecule has 0 N–H and O–H groups in total. The molecule has 1 aromatic heterocycles. The van der Waals surface area contributed by atoms with Crippen molar-refractivity contribution in [3.63, 3.8) is 0 Å². The van der Waals surface area contributed by atoms with Crippen molar-refractivity contribution in [2.45, 2.75) is 18.3 Å². The zero-order chi connectivity index (χ0) is 22.1. The van der Waals surface area contributed by atoms with Crippen LogP contribution in [-0.2, 0) is 10.1 Å². The molecule has 0 amide bonds. The summed E-state index contributed by atoms with van der Waals surface area (Å²) < 4.78 is 70.8. The molecule has 4 rings (SSSR count). The largest absolute Gasteiger partial charge is 0.534 e. The van der Waals surface area contributed by atoms with Crippen molar-refractivity contribution in [1.82, 2.24) is 4.90 Å². The molecule has 0 spiro atoms. The van der Waals surface area contributed by atoms with Crippen molar-refractivity contribution in [2.75, 3.05) is 26.2 Å². The third-order valence-electron chi connectivity index (χ3n) is 4.99. The fourth-order valence-corrected chi connectivity index (χ4v) is 4.90. The zero-order valence-electron chi connectivity index (χ0n) is 16.4. The van der Waals surface area contributed by atoms with E-state index in [0.717, 1.165) is 40.5 Å². The fourth-order valence-electron chi connectivity index (χ4n) is 3.40. The first-order valence-electron chi connectivity index (χ1n) is 9.71. The van der Waals surface area contributed by atoms with E-state index in [1.165, 1.54) is 36.3 Å². The van der Waals surface area contributed by atoms with Gasteiger partial charge in [0.2, 0.25) is 0 Å². The Kier molecular flexibility index (Phi) is 6.14. The highest BCUT2D eigenvalue weighted by atomic mass is 32.2. The van der Waals surface area contributed by atoms with Gasteiger partial charge in [-0.25, -0.2) is 0 Å². The number of likely N-dealkylation sites (tertiary alicyclic amines) is 1. The third kappa shape index (κ3) is 5.13. The molecule has 166 valence electrons. The van der Waals surface area contributed by atoms with E-state index in [2.05, 4.69) is 9.08 Å². The molecule has 2 heterocycles. The van der Waals surface area contributed by atoms with Crippen LogP contribution in [0.2, 0.25) is 0 Å². The summed E-state index contributed by atoms with van der Waals surface area (Å²) in [6.07, 6.45) is 2.49. The molecule has 5 nitrogen and oxygen atoms in total. The highest BCUT2D eigenvalue weighted by molar-refractivity contribution is 7.88. The van der Waals surface area contributed by atoms with E-state index in [1.54, 1.807) is 12.1 Å². The molecule has 0 radical (unpaired) electrons. The number of thiophene rings is 1. The predicted molar refractivity (Wildman–Crippen MR) is 114 cm³/mol. The number of halogens is 3. The van der Waals surface area contributed by atoms with Crippen molar-refractivity contribution in [1.29, 1.82) is 0 Å². The number of rotatable bonds is 7. The molecular weight excluding hydrogens is 451 g/mol. The summed E-state index contributed by atoms with van der Waals surface area (Å²) in [6.45, 7) is 3.80. The van der Waals surface area contributed by atoms with Gasteiger partial charge in [0.25, 0.3) is 0 Å². The Morgan fingerprint density at radius 3 is 2.32 bits per heavy atom. The Bertz CT molecular complexity index is 1150. The second-order valence-corrected chi connectivity index (χ2v) is 9.84. The first-order valence-corrected chi connectivity index (χ1v) is 11.9. The van der Waals surface area contributed by atoms with Crippen LogP contribution >= 0.6 is 11.3 Å². The van der Waals surface area contributed by atoms with Gasteiger partial charge in [-0.1, -0.05) is 0 Å². The van der Waals surface area contributed by atoms with Gasteiger partial charge in [0, 0.05) is 16.1 Å². The summed E-state index contributed by atoms with van der Waals surface area (Å²) in [5, 5.41) is 0.598. The van der Waals surface area contributed by atoms with E-state index in [4.69, 9.17) is 4.74 Å². The van der Waals surface area contributed by atoms with Crippen molar-refractivity contribution < 1.29 is 30.5 Å². The maximum Gasteiger partial charge on any atom is 0.534 e. The van der Waals surface area contributed by atoms with Gasteiger partial charge in [0.15, 0.2) is 0 Å². The van der Waals surface area contributed by atoms with Crippen LogP contribution in [0.1, 0.15) is 12.8 Å². The Hall–Kier alpha value is -2.30. The minimum atomic E-state index is -5.70. The van der Waals surface area contributed by atoms with Crippen LogP contribution in [0.4, 0.5) is 13.2 Å². The van der Waals surface area contributed by atoms with Crippen molar-refractivity contribution >= 4 is 31.5 Å². The van der Waals surface area contributed by atoms with Gasteiger partial charge in [-0.05, 0) is 85.4 Å². The highest BCUT2D eigenvalue weighted by Crippen LogP contribution is 2.37. The van der Waals surface area contributed by atoms with Gasteiger partial charge in [0.1, 0.15) is 18.1 Å². The summed E-state index contributed by atoms with van der Waals surface area (Å²) in [4.78, 5) is 3.28.